The summed E-state index contributed by atoms with van der Waals surface area (Å²) in [6.45, 7) is 11.5. The normalized spacial score (nSPS) is 16.8. The molecule has 2 N–H and O–H groups in total. The van der Waals surface area contributed by atoms with Gasteiger partial charge in [-0.3, -0.25) is 4.99 Å². The molecule has 5 nitrogen and oxygen atoms in total. The molecule has 0 saturated carbocycles. The predicted molar refractivity (Wildman–Crippen MR) is 132 cm³/mol. The second-order valence-electron chi connectivity index (χ2n) is 8.21. The van der Waals surface area contributed by atoms with E-state index >= 15 is 0 Å². The Kier molecular flexibility index (Phi) is 11.8. The van der Waals surface area contributed by atoms with Gasteiger partial charge >= 0.3 is 0 Å². The molecule has 0 spiro atoms. The molecule has 0 unspecified atom stereocenters. The van der Waals surface area contributed by atoms with Gasteiger partial charge in [-0.2, -0.15) is 0 Å². The number of aliphatic imine (C=N–C) groups is 1. The van der Waals surface area contributed by atoms with Gasteiger partial charge in [0.15, 0.2) is 5.96 Å². The molecule has 1 saturated heterocycles. The number of hydrogen-bond acceptors (Lipinski definition) is 3. The summed E-state index contributed by atoms with van der Waals surface area (Å²) in [4.78, 5) is 9.26. The molecule has 1 aliphatic heterocycles. The average molecular weight is 540 g/mol. The van der Waals surface area contributed by atoms with Crippen molar-refractivity contribution >= 4 is 41.5 Å². The molecule has 29 heavy (non-hydrogen) atoms. The number of nitrogens with zero attached hydrogens (tertiary/aromatic N) is 3. The zero-order chi connectivity index (χ0) is 20.6. The van der Waals surface area contributed by atoms with E-state index in [-0.39, 0.29) is 35.2 Å². The Balaban J connectivity index is 0.00000420. The largest absolute Gasteiger partial charge is 0.356 e. The van der Waals surface area contributed by atoms with Gasteiger partial charge in [-0.1, -0.05) is 31.5 Å². The van der Waals surface area contributed by atoms with Gasteiger partial charge in [0, 0.05) is 43.7 Å². The van der Waals surface area contributed by atoms with Crippen LogP contribution in [0.3, 0.4) is 0 Å². The van der Waals surface area contributed by atoms with Gasteiger partial charge in [0.25, 0.3) is 0 Å². The standard InChI is InChI=1S/C21H35ClFN5.HI/c1-21(2,18-8-7-17(23)15-19(18)22)16-26-20(24-3)25-9-5-11-28-12-6-10-27(4)13-14-28;/h7-8,15H,5-6,9-14,16H2,1-4H3,(H2,24,25,26);1H. The number of halogens is 3. The Morgan fingerprint density at radius 3 is 2.66 bits per heavy atom. The number of hydrogen-bond donors (Lipinski definition) is 2. The van der Waals surface area contributed by atoms with E-state index in [4.69, 9.17) is 11.6 Å². The summed E-state index contributed by atoms with van der Waals surface area (Å²) in [5.41, 5.74) is 0.671. The fraction of sp³-hybridized carbons (Fsp3) is 0.667. The third-order valence-corrected chi connectivity index (χ3v) is 5.65. The summed E-state index contributed by atoms with van der Waals surface area (Å²) in [5, 5.41) is 7.22. The monoisotopic (exact) mass is 539 g/mol. The lowest BCUT2D eigenvalue weighted by Gasteiger charge is -2.28. The Labute approximate surface area is 197 Å². The second kappa shape index (κ2) is 12.9. The van der Waals surface area contributed by atoms with Crippen LogP contribution in [0.4, 0.5) is 4.39 Å². The molecule has 8 heteroatoms. The molecular formula is C21H36ClFIN5. The van der Waals surface area contributed by atoms with Crippen molar-refractivity contribution in [2.75, 3.05) is 59.9 Å². The van der Waals surface area contributed by atoms with Gasteiger partial charge in [-0.05, 0) is 57.2 Å². The van der Waals surface area contributed by atoms with E-state index < -0.39 is 0 Å². The molecule has 0 amide bonds. The van der Waals surface area contributed by atoms with Gasteiger partial charge in [-0.25, -0.2) is 4.39 Å². The minimum absolute atomic E-state index is 0. The van der Waals surface area contributed by atoms with Crippen LogP contribution < -0.4 is 10.6 Å². The summed E-state index contributed by atoms with van der Waals surface area (Å²) in [5.74, 6) is 0.466. The first kappa shape index (κ1) is 26.4. The first-order chi connectivity index (χ1) is 13.3. The second-order valence-corrected chi connectivity index (χ2v) is 8.62. The Bertz CT molecular complexity index is 656. The Morgan fingerprint density at radius 1 is 1.21 bits per heavy atom. The van der Waals surface area contributed by atoms with Crippen molar-refractivity contribution in [3.63, 3.8) is 0 Å². The molecule has 1 heterocycles. The molecule has 0 bridgehead atoms. The van der Waals surface area contributed by atoms with E-state index in [1.165, 1.54) is 31.6 Å². The third-order valence-electron chi connectivity index (χ3n) is 5.34. The molecule has 1 fully saturated rings. The van der Waals surface area contributed by atoms with Crippen LogP contribution in [-0.2, 0) is 5.41 Å². The summed E-state index contributed by atoms with van der Waals surface area (Å²) < 4.78 is 13.3. The highest BCUT2D eigenvalue weighted by Crippen LogP contribution is 2.29. The summed E-state index contributed by atoms with van der Waals surface area (Å²) in [6.07, 6.45) is 2.33. The maximum absolute atomic E-state index is 13.3. The highest BCUT2D eigenvalue weighted by Gasteiger charge is 2.24. The Morgan fingerprint density at radius 2 is 1.97 bits per heavy atom. The molecule has 166 valence electrons. The minimum atomic E-state index is -0.314. The van der Waals surface area contributed by atoms with Gasteiger partial charge in [0.1, 0.15) is 5.82 Å². The van der Waals surface area contributed by atoms with Crippen molar-refractivity contribution in [2.24, 2.45) is 4.99 Å². The molecule has 0 atom stereocenters. The Hall–Kier alpha value is -0.640. The molecule has 0 aliphatic carbocycles. The zero-order valence-electron chi connectivity index (χ0n) is 18.1. The quantitative estimate of drug-likeness (QED) is 0.241. The van der Waals surface area contributed by atoms with E-state index in [9.17, 15) is 4.39 Å². The van der Waals surface area contributed by atoms with E-state index in [1.807, 2.05) is 0 Å². The molecule has 1 aliphatic rings. The lowest BCUT2D eigenvalue weighted by atomic mass is 9.84. The van der Waals surface area contributed by atoms with Gasteiger partial charge < -0.3 is 20.4 Å². The van der Waals surface area contributed by atoms with E-state index in [0.29, 0.717) is 11.6 Å². The fourth-order valence-electron chi connectivity index (χ4n) is 3.49. The van der Waals surface area contributed by atoms with Crippen LogP contribution in [0.5, 0.6) is 0 Å². The highest BCUT2D eigenvalue weighted by molar-refractivity contribution is 14.0. The molecule has 0 radical (unpaired) electrons. The lowest BCUT2D eigenvalue weighted by Crippen LogP contribution is -2.44. The molecule has 1 aromatic rings. The van der Waals surface area contributed by atoms with Crippen molar-refractivity contribution in [3.05, 3.63) is 34.6 Å². The topological polar surface area (TPSA) is 42.9 Å². The summed E-state index contributed by atoms with van der Waals surface area (Å²) >= 11 is 6.24. The van der Waals surface area contributed by atoms with E-state index in [2.05, 4.69) is 46.3 Å². The average Bonchev–Trinajstić information content (AvgIpc) is 2.85. The first-order valence-electron chi connectivity index (χ1n) is 10.1. The molecule has 0 aromatic heterocycles. The minimum Gasteiger partial charge on any atom is -0.356 e. The van der Waals surface area contributed by atoms with Crippen LogP contribution in [0.25, 0.3) is 0 Å². The van der Waals surface area contributed by atoms with Crippen LogP contribution in [0.1, 0.15) is 32.3 Å². The fourth-order valence-corrected chi connectivity index (χ4v) is 3.91. The molecule has 2 rings (SSSR count). The van der Waals surface area contributed by atoms with Crippen LogP contribution in [0, 0.1) is 5.82 Å². The first-order valence-corrected chi connectivity index (χ1v) is 10.5. The van der Waals surface area contributed by atoms with E-state index in [1.54, 1.807) is 13.1 Å². The van der Waals surface area contributed by atoms with Gasteiger partial charge in [0.05, 0.1) is 0 Å². The van der Waals surface area contributed by atoms with Crippen molar-refractivity contribution < 1.29 is 4.39 Å². The van der Waals surface area contributed by atoms with Crippen molar-refractivity contribution in [2.45, 2.75) is 32.1 Å². The maximum atomic E-state index is 13.3. The molecule has 1 aromatic carbocycles. The maximum Gasteiger partial charge on any atom is 0.191 e. The summed E-state index contributed by atoms with van der Waals surface area (Å²) in [7, 11) is 3.97. The highest BCUT2D eigenvalue weighted by atomic mass is 127. The number of likely N-dealkylation sites (N-methyl/N-ethyl adjacent to an activating group) is 1. The van der Waals surface area contributed by atoms with Crippen LogP contribution in [-0.4, -0.2) is 75.7 Å². The van der Waals surface area contributed by atoms with Crippen molar-refractivity contribution in [1.29, 1.82) is 0 Å². The van der Waals surface area contributed by atoms with E-state index in [0.717, 1.165) is 44.1 Å². The van der Waals surface area contributed by atoms with Crippen LogP contribution >= 0.6 is 35.6 Å². The number of rotatable bonds is 7. The van der Waals surface area contributed by atoms with Gasteiger partial charge in [-0.15, -0.1) is 24.0 Å². The van der Waals surface area contributed by atoms with Gasteiger partial charge in [0.2, 0.25) is 0 Å². The SMILES string of the molecule is CN=C(NCCCN1CCCN(C)CC1)NCC(C)(C)c1ccc(F)cc1Cl.I. The van der Waals surface area contributed by atoms with Crippen LogP contribution in [0.15, 0.2) is 23.2 Å². The number of benzene rings is 1. The predicted octanol–water partition coefficient (Wildman–Crippen LogP) is 3.57. The molecular weight excluding hydrogens is 504 g/mol. The lowest BCUT2D eigenvalue weighted by molar-refractivity contribution is 0.274. The van der Waals surface area contributed by atoms with Crippen molar-refractivity contribution in [1.82, 2.24) is 20.4 Å². The summed E-state index contributed by atoms with van der Waals surface area (Å²) in [6, 6.07) is 4.58. The third kappa shape index (κ3) is 8.94. The zero-order valence-corrected chi connectivity index (χ0v) is 21.2. The number of guanidine groups is 1. The van der Waals surface area contributed by atoms with Crippen molar-refractivity contribution in [3.8, 4) is 0 Å². The number of nitrogens with one attached hydrogen (secondary N) is 2. The smallest absolute Gasteiger partial charge is 0.191 e. The van der Waals surface area contributed by atoms with Crippen LogP contribution in [0.2, 0.25) is 5.02 Å².